The summed E-state index contributed by atoms with van der Waals surface area (Å²) in [4.78, 5) is 31.8. The Balaban J connectivity index is 1.45. The molecule has 29 heavy (non-hydrogen) atoms. The van der Waals surface area contributed by atoms with Crippen molar-refractivity contribution in [3.63, 3.8) is 0 Å². The van der Waals surface area contributed by atoms with Crippen LogP contribution in [0.1, 0.15) is 19.3 Å². The van der Waals surface area contributed by atoms with Crippen LogP contribution >= 0.6 is 0 Å². The number of rotatable bonds is 4. The van der Waals surface area contributed by atoms with Crippen molar-refractivity contribution in [2.45, 2.75) is 25.3 Å². The van der Waals surface area contributed by atoms with Crippen LogP contribution in [0.5, 0.6) is 5.75 Å². The molecule has 2 unspecified atom stereocenters. The summed E-state index contributed by atoms with van der Waals surface area (Å²) < 4.78 is 5.46. The number of ether oxygens (including phenoxy) is 1. The van der Waals surface area contributed by atoms with E-state index in [9.17, 15) is 14.8 Å². The predicted octanol–water partition coefficient (Wildman–Crippen LogP) is 0.950. The molecule has 2 aliphatic heterocycles. The second-order valence-electron chi connectivity index (χ2n) is 8.63. The van der Waals surface area contributed by atoms with Gasteiger partial charge in [0.15, 0.2) is 0 Å². The SMILES string of the molecule is COc1ccccc1N1CCN(C(=O)C2C(C(=O)NO)CC3(CC3)CN2C)CC1. The molecule has 1 aliphatic carbocycles. The molecule has 1 aromatic rings. The lowest BCUT2D eigenvalue weighted by Gasteiger charge is -2.45. The van der Waals surface area contributed by atoms with Crippen LogP contribution in [-0.4, -0.2) is 79.7 Å². The van der Waals surface area contributed by atoms with E-state index in [1.807, 2.05) is 41.1 Å². The van der Waals surface area contributed by atoms with E-state index in [1.165, 1.54) is 0 Å². The van der Waals surface area contributed by atoms with Crippen LogP contribution in [0.3, 0.4) is 0 Å². The van der Waals surface area contributed by atoms with Crippen molar-refractivity contribution in [3.05, 3.63) is 24.3 Å². The van der Waals surface area contributed by atoms with Crippen LogP contribution in [0.15, 0.2) is 24.3 Å². The first-order valence-corrected chi connectivity index (χ1v) is 10.3. The lowest BCUT2D eigenvalue weighted by atomic mass is 9.80. The number of hydroxylamine groups is 1. The summed E-state index contributed by atoms with van der Waals surface area (Å²) in [6, 6.07) is 7.38. The summed E-state index contributed by atoms with van der Waals surface area (Å²) >= 11 is 0. The molecule has 2 atom stereocenters. The first-order chi connectivity index (χ1) is 14.0. The van der Waals surface area contributed by atoms with Gasteiger partial charge in [-0.2, -0.15) is 0 Å². The number of piperazine rings is 1. The molecule has 158 valence electrons. The molecule has 3 aliphatic rings. The Labute approximate surface area is 171 Å². The largest absolute Gasteiger partial charge is 0.495 e. The van der Waals surface area contributed by atoms with Crippen molar-refractivity contribution < 1.29 is 19.5 Å². The lowest BCUT2D eigenvalue weighted by molar-refractivity contribution is -0.150. The molecule has 1 spiro atoms. The monoisotopic (exact) mass is 402 g/mol. The van der Waals surface area contributed by atoms with Crippen LogP contribution in [0.4, 0.5) is 5.69 Å². The van der Waals surface area contributed by atoms with Gasteiger partial charge in [0, 0.05) is 32.7 Å². The Kier molecular flexibility index (Phi) is 5.40. The van der Waals surface area contributed by atoms with E-state index in [4.69, 9.17) is 4.74 Å². The number of likely N-dealkylation sites (N-methyl/N-ethyl adjacent to an activating group) is 1. The van der Waals surface area contributed by atoms with Gasteiger partial charge in [-0.15, -0.1) is 0 Å². The van der Waals surface area contributed by atoms with E-state index < -0.39 is 17.9 Å². The van der Waals surface area contributed by atoms with E-state index in [0.29, 0.717) is 32.6 Å². The molecule has 2 amide bonds. The van der Waals surface area contributed by atoms with Crippen molar-refractivity contribution >= 4 is 17.5 Å². The molecule has 3 fully saturated rings. The zero-order chi connectivity index (χ0) is 20.6. The van der Waals surface area contributed by atoms with Crippen LogP contribution < -0.4 is 15.1 Å². The zero-order valence-electron chi connectivity index (χ0n) is 17.1. The number of hydrogen-bond donors (Lipinski definition) is 2. The average Bonchev–Trinajstić information content (AvgIpc) is 3.50. The average molecular weight is 402 g/mol. The summed E-state index contributed by atoms with van der Waals surface area (Å²) in [5, 5.41) is 9.22. The number of nitrogens with one attached hydrogen (secondary N) is 1. The van der Waals surface area contributed by atoms with Gasteiger partial charge in [0.1, 0.15) is 11.8 Å². The molecule has 0 aromatic heterocycles. The van der Waals surface area contributed by atoms with Crippen molar-refractivity contribution in [2.24, 2.45) is 11.3 Å². The first kappa shape index (κ1) is 20.0. The molecule has 8 heteroatoms. The van der Waals surface area contributed by atoms with E-state index in [1.54, 1.807) is 12.6 Å². The minimum Gasteiger partial charge on any atom is -0.495 e. The van der Waals surface area contributed by atoms with Gasteiger partial charge in [0.25, 0.3) is 0 Å². The van der Waals surface area contributed by atoms with Gasteiger partial charge in [0.05, 0.1) is 18.7 Å². The Morgan fingerprint density at radius 2 is 1.86 bits per heavy atom. The number of amides is 2. The van der Waals surface area contributed by atoms with Gasteiger partial charge in [-0.3, -0.25) is 19.7 Å². The predicted molar refractivity (Wildman–Crippen MR) is 108 cm³/mol. The Morgan fingerprint density at radius 1 is 1.17 bits per heavy atom. The van der Waals surface area contributed by atoms with Gasteiger partial charge >= 0.3 is 0 Å². The Bertz CT molecular complexity index is 774. The van der Waals surface area contributed by atoms with Crippen molar-refractivity contribution in [3.8, 4) is 5.75 Å². The van der Waals surface area contributed by atoms with Gasteiger partial charge in [-0.25, -0.2) is 5.48 Å². The summed E-state index contributed by atoms with van der Waals surface area (Å²) in [5.74, 6) is -0.153. The lowest BCUT2D eigenvalue weighted by Crippen LogP contribution is -2.61. The van der Waals surface area contributed by atoms with E-state index in [2.05, 4.69) is 4.90 Å². The maximum Gasteiger partial charge on any atom is 0.248 e. The maximum atomic E-state index is 13.4. The number of nitrogens with zero attached hydrogens (tertiary/aromatic N) is 3. The number of hydrogen-bond acceptors (Lipinski definition) is 6. The van der Waals surface area contributed by atoms with Crippen LogP contribution in [0, 0.1) is 11.3 Å². The molecule has 2 saturated heterocycles. The van der Waals surface area contributed by atoms with Crippen molar-refractivity contribution in [1.29, 1.82) is 0 Å². The van der Waals surface area contributed by atoms with Crippen molar-refractivity contribution in [1.82, 2.24) is 15.3 Å². The summed E-state index contributed by atoms with van der Waals surface area (Å²) in [6.07, 6.45) is 2.84. The number of carbonyl (C=O) groups is 2. The second kappa shape index (κ2) is 7.84. The minimum atomic E-state index is -0.522. The molecular weight excluding hydrogens is 372 g/mol. The zero-order valence-corrected chi connectivity index (χ0v) is 17.1. The molecule has 0 bridgehead atoms. The third kappa shape index (κ3) is 3.79. The molecule has 4 rings (SSSR count). The highest BCUT2D eigenvalue weighted by Gasteiger charge is 2.55. The molecule has 0 radical (unpaired) electrons. The number of piperidine rings is 1. The van der Waals surface area contributed by atoms with Crippen LogP contribution in [0.2, 0.25) is 0 Å². The summed E-state index contributed by atoms with van der Waals surface area (Å²) in [7, 11) is 3.58. The third-order valence-electron chi connectivity index (χ3n) is 6.77. The number of benzene rings is 1. The highest BCUT2D eigenvalue weighted by atomic mass is 16.5. The molecule has 2 heterocycles. The van der Waals surface area contributed by atoms with Crippen LogP contribution in [0.25, 0.3) is 0 Å². The fraction of sp³-hybridized carbons (Fsp3) is 0.619. The number of carbonyl (C=O) groups excluding carboxylic acids is 2. The van der Waals surface area contributed by atoms with Gasteiger partial charge in [-0.1, -0.05) is 12.1 Å². The highest BCUT2D eigenvalue weighted by Crippen LogP contribution is 2.54. The topological polar surface area (TPSA) is 85.3 Å². The maximum absolute atomic E-state index is 13.4. The summed E-state index contributed by atoms with van der Waals surface area (Å²) in [6.45, 7) is 3.45. The van der Waals surface area contributed by atoms with Gasteiger partial charge in [0.2, 0.25) is 11.8 Å². The van der Waals surface area contributed by atoms with E-state index >= 15 is 0 Å². The fourth-order valence-corrected chi connectivity index (χ4v) is 5.04. The number of likely N-dealkylation sites (tertiary alicyclic amines) is 1. The molecule has 2 N–H and O–H groups in total. The normalized spacial score (nSPS) is 26.3. The van der Waals surface area contributed by atoms with Crippen molar-refractivity contribution in [2.75, 3.05) is 51.8 Å². The van der Waals surface area contributed by atoms with E-state index in [-0.39, 0.29) is 11.3 Å². The molecule has 8 nitrogen and oxygen atoms in total. The first-order valence-electron chi connectivity index (χ1n) is 10.3. The molecule has 1 aromatic carbocycles. The smallest absolute Gasteiger partial charge is 0.248 e. The number of anilines is 1. The quantitative estimate of drug-likeness (QED) is 0.576. The highest BCUT2D eigenvalue weighted by molar-refractivity contribution is 5.90. The molecule has 1 saturated carbocycles. The number of para-hydroxylation sites is 2. The number of methoxy groups -OCH3 is 1. The fourth-order valence-electron chi connectivity index (χ4n) is 5.04. The third-order valence-corrected chi connectivity index (χ3v) is 6.77. The van der Waals surface area contributed by atoms with E-state index in [0.717, 1.165) is 30.8 Å². The Morgan fingerprint density at radius 3 is 2.48 bits per heavy atom. The molecular formula is C21H30N4O4. The van der Waals surface area contributed by atoms with Crippen LogP contribution in [-0.2, 0) is 9.59 Å². The minimum absolute atomic E-state index is 0.0173. The second-order valence-corrected chi connectivity index (χ2v) is 8.63. The van der Waals surface area contributed by atoms with Gasteiger partial charge < -0.3 is 14.5 Å². The standard InChI is InChI=1S/C21H30N4O4/c1-23-14-21(7-8-21)13-15(19(26)22-28)18(23)20(27)25-11-9-24(10-12-25)16-5-3-4-6-17(16)29-2/h3-6,15,18,28H,7-14H2,1-2H3,(H,22,26). The van der Waals surface area contributed by atoms with Gasteiger partial charge in [-0.05, 0) is 43.9 Å². The Hall–Kier alpha value is -2.32. The summed E-state index contributed by atoms with van der Waals surface area (Å²) in [5.41, 5.74) is 2.97.